The van der Waals surface area contributed by atoms with Crippen molar-refractivity contribution in [2.24, 2.45) is 7.05 Å². The van der Waals surface area contributed by atoms with Crippen molar-refractivity contribution in [3.8, 4) is 5.75 Å². The first-order valence-corrected chi connectivity index (χ1v) is 10.5. The highest BCUT2D eigenvalue weighted by molar-refractivity contribution is 5.29. The van der Waals surface area contributed by atoms with Crippen LogP contribution in [0.3, 0.4) is 0 Å². The normalized spacial score (nSPS) is 17.3. The maximum absolute atomic E-state index is 5.90. The van der Waals surface area contributed by atoms with Gasteiger partial charge in [0.2, 0.25) is 0 Å². The second-order valence-electron chi connectivity index (χ2n) is 8.38. The standard InChI is InChI=1S/C23H31N5O/c1-17(2)19-4-6-22(7-5-19)29-11-9-21-12-23(26-25-21)20-8-10-28(16-20)15-18-13-24-27(3)14-18/h4-7,12-14,17,20H,8-11,15-16H2,1-3H3,(H,25,26)/t20-/m1/s1. The lowest BCUT2D eigenvalue weighted by Crippen LogP contribution is -2.19. The number of aromatic amines is 1. The number of nitrogens with one attached hydrogen (secondary N) is 1. The summed E-state index contributed by atoms with van der Waals surface area (Å²) in [7, 11) is 1.96. The Morgan fingerprint density at radius 1 is 1.24 bits per heavy atom. The lowest BCUT2D eigenvalue weighted by molar-refractivity contribution is 0.320. The zero-order chi connectivity index (χ0) is 20.2. The molecule has 4 rings (SSSR count). The van der Waals surface area contributed by atoms with Gasteiger partial charge in [0.25, 0.3) is 0 Å². The van der Waals surface area contributed by atoms with Gasteiger partial charge in [-0.15, -0.1) is 0 Å². The fourth-order valence-corrected chi connectivity index (χ4v) is 3.97. The first-order chi connectivity index (χ1) is 14.1. The SMILES string of the molecule is CC(C)c1ccc(OCCc2cc([C@@H]3CCN(Cc4cnn(C)c4)C3)n[nH]2)cc1. The summed E-state index contributed by atoms with van der Waals surface area (Å²) in [5.74, 6) is 1.97. The lowest BCUT2D eigenvalue weighted by atomic mass is 10.0. The van der Waals surface area contributed by atoms with E-state index in [2.05, 4.69) is 70.6 Å². The monoisotopic (exact) mass is 393 g/mol. The van der Waals surface area contributed by atoms with E-state index in [0.29, 0.717) is 18.4 Å². The second kappa shape index (κ2) is 8.82. The molecule has 6 heteroatoms. The smallest absolute Gasteiger partial charge is 0.119 e. The highest BCUT2D eigenvalue weighted by atomic mass is 16.5. The van der Waals surface area contributed by atoms with E-state index in [9.17, 15) is 0 Å². The maximum atomic E-state index is 5.90. The second-order valence-corrected chi connectivity index (χ2v) is 8.38. The van der Waals surface area contributed by atoms with Crippen molar-refractivity contribution in [2.75, 3.05) is 19.7 Å². The number of aryl methyl sites for hydroxylation is 1. The van der Waals surface area contributed by atoms with Gasteiger partial charge in [-0.1, -0.05) is 26.0 Å². The lowest BCUT2D eigenvalue weighted by Gasteiger charge is -2.13. The predicted molar refractivity (Wildman–Crippen MR) is 114 cm³/mol. The third-order valence-electron chi connectivity index (χ3n) is 5.69. The summed E-state index contributed by atoms with van der Waals surface area (Å²) in [5.41, 5.74) is 4.93. The molecule has 154 valence electrons. The Labute approximate surface area is 172 Å². The highest BCUT2D eigenvalue weighted by Gasteiger charge is 2.26. The molecule has 0 spiro atoms. The molecule has 0 unspecified atom stereocenters. The van der Waals surface area contributed by atoms with E-state index in [1.807, 2.05) is 17.9 Å². The number of H-pyrrole nitrogens is 1. The van der Waals surface area contributed by atoms with Crippen molar-refractivity contribution in [3.05, 3.63) is 65.2 Å². The van der Waals surface area contributed by atoms with Crippen LogP contribution in [-0.2, 0) is 20.0 Å². The number of hydrogen-bond acceptors (Lipinski definition) is 4. The summed E-state index contributed by atoms with van der Waals surface area (Å²) >= 11 is 0. The van der Waals surface area contributed by atoms with Crippen LogP contribution in [-0.4, -0.2) is 44.6 Å². The van der Waals surface area contributed by atoms with E-state index in [0.717, 1.165) is 43.9 Å². The maximum Gasteiger partial charge on any atom is 0.119 e. The number of likely N-dealkylation sites (tertiary alicyclic amines) is 1. The van der Waals surface area contributed by atoms with Gasteiger partial charge in [0.05, 0.1) is 18.5 Å². The van der Waals surface area contributed by atoms with Crippen molar-refractivity contribution >= 4 is 0 Å². The average Bonchev–Trinajstić information content (AvgIpc) is 3.44. The fourth-order valence-electron chi connectivity index (χ4n) is 3.97. The van der Waals surface area contributed by atoms with Crippen LogP contribution in [0.5, 0.6) is 5.75 Å². The topological polar surface area (TPSA) is 59.0 Å². The summed E-state index contributed by atoms with van der Waals surface area (Å²) in [5, 5.41) is 12.0. The Balaban J connectivity index is 1.24. The molecule has 1 saturated heterocycles. The summed E-state index contributed by atoms with van der Waals surface area (Å²) < 4.78 is 7.77. The van der Waals surface area contributed by atoms with Crippen molar-refractivity contribution in [2.45, 2.75) is 45.1 Å². The largest absolute Gasteiger partial charge is 0.493 e. The van der Waals surface area contributed by atoms with E-state index in [1.165, 1.54) is 16.8 Å². The minimum absolute atomic E-state index is 0.501. The zero-order valence-electron chi connectivity index (χ0n) is 17.6. The zero-order valence-corrected chi connectivity index (χ0v) is 17.6. The Morgan fingerprint density at radius 3 is 2.79 bits per heavy atom. The molecule has 1 aromatic carbocycles. The molecule has 0 bridgehead atoms. The van der Waals surface area contributed by atoms with Gasteiger partial charge in [-0.2, -0.15) is 10.2 Å². The van der Waals surface area contributed by atoms with Gasteiger partial charge in [-0.05, 0) is 42.6 Å². The summed E-state index contributed by atoms with van der Waals surface area (Å²) in [4.78, 5) is 2.49. The van der Waals surface area contributed by atoms with Gasteiger partial charge >= 0.3 is 0 Å². The molecular formula is C23H31N5O. The number of aromatic nitrogens is 4. The number of hydrogen-bond donors (Lipinski definition) is 1. The van der Waals surface area contributed by atoms with Crippen LogP contribution in [0.1, 0.15) is 54.6 Å². The summed E-state index contributed by atoms with van der Waals surface area (Å²) in [6.45, 7) is 8.18. The molecule has 29 heavy (non-hydrogen) atoms. The third kappa shape index (κ3) is 5.07. The van der Waals surface area contributed by atoms with Crippen molar-refractivity contribution < 1.29 is 4.74 Å². The Hall–Kier alpha value is -2.60. The number of rotatable bonds is 8. The molecule has 0 saturated carbocycles. The van der Waals surface area contributed by atoms with E-state index < -0.39 is 0 Å². The molecule has 1 fully saturated rings. The number of ether oxygens (including phenoxy) is 1. The van der Waals surface area contributed by atoms with Gasteiger partial charge in [0.15, 0.2) is 0 Å². The molecule has 3 aromatic rings. The Bertz CT molecular complexity index is 912. The van der Waals surface area contributed by atoms with Crippen LogP contribution in [0, 0.1) is 0 Å². The van der Waals surface area contributed by atoms with E-state index in [4.69, 9.17) is 4.74 Å². The minimum Gasteiger partial charge on any atom is -0.493 e. The predicted octanol–water partition coefficient (Wildman–Crippen LogP) is 3.88. The minimum atomic E-state index is 0.501. The van der Waals surface area contributed by atoms with Crippen LogP contribution in [0.2, 0.25) is 0 Å². The van der Waals surface area contributed by atoms with Gasteiger partial charge in [0, 0.05) is 49.9 Å². The molecule has 0 amide bonds. The molecule has 0 aliphatic carbocycles. The van der Waals surface area contributed by atoms with E-state index in [-0.39, 0.29) is 0 Å². The fraction of sp³-hybridized carbons (Fsp3) is 0.478. The first-order valence-electron chi connectivity index (χ1n) is 10.5. The molecule has 3 heterocycles. The van der Waals surface area contributed by atoms with Crippen LogP contribution in [0.15, 0.2) is 42.7 Å². The molecule has 6 nitrogen and oxygen atoms in total. The van der Waals surface area contributed by atoms with Crippen molar-refractivity contribution in [3.63, 3.8) is 0 Å². The third-order valence-corrected chi connectivity index (χ3v) is 5.69. The van der Waals surface area contributed by atoms with Crippen molar-refractivity contribution in [1.82, 2.24) is 24.9 Å². The van der Waals surface area contributed by atoms with Crippen LogP contribution >= 0.6 is 0 Å². The van der Waals surface area contributed by atoms with Crippen LogP contribution in [0.25, 0.3) is 0 Å². The number of nitrogens with zero attached hydrogens (tertiary/aromatic N) is 4. The molecule has 1 atom stereocenters. The Morgan fingerprint density at radius 2 is 2.07 bits per heavy atom. The molecule has 1 N–H and O–H groups in total. The quantitative estimate of drug-likeness (QED) is 0.631. The first kappa shape index (κ1) is 19.7. The summed E-state index contributed by atoms with van der Waals surface area (Å²) in [6, 6.07) is 10.6. The molecule has 1 aliphatic rings. The van der Waals surface area contributed by atoms with Crippen LogP contribution in [0.4, 0.5) is 0 Å². The van der Waals surface area contributed by atoms with Crippen LogP contribution < -0.4 is 4.74 Å². The molecular weight excluding hydrogens is 362 g/mol. The average molecular weight is 394 g/mol. The summed E-state index contributed by atoms with van der Waals surface area (Å²) in [6.07, 6.45) is 6.04. The van der Waals surface area contributed by atoms with Gasteiger partial charge in [0.1, 0.15) is 5.75 Å². The van der Waals surface area contributed by atoms with Crippen molar-refractivity contribution in [1.29, 1.82) is 0 Å². The Kier molecular flexibility index (Phi) is 6.00. The highest BCUT2D eigenvalue weighted by Crippen LogP contribution is 2.27. The molecule has 2 aromatic heterocycles. The van der Waals surface area contributed by atoms with Gasteiger partial charge in [-0.3, -0.25) is 14.7 Å². The van der Waals surface area contributed by atoms with E-state index >= 15 is 0 Å². The molecule has 0 radical (unpaired) electrons. The van der Waals surface area contributed by atoms with Gasteiger partial charge < -0.3 is 4.74 Å². The van der Waals surface area contributed by atoms with Gasteiger partial charge in [-0.25, -0.2) is 0 Å². The van der Waals surface area contributed by atoms with E-state index in [1.54, 1.807) is 0 Å². The number of benzene rings is 1. The molecule has 1 aliphatic heterocycles.